The summed E-state index contributed by atoms with van der Waals surface area (Å²) >= 11 is 0. The highest BCUT2D eigenvalue weighted by molar-refractivity contribution is 14.0. The number of nitrogens with zero attached hydrogens (tertiary/aromatic N) is 4. The number of para-hydroxylation sites is 1. The second-order valence-corrected chi connectivity index (χ2v) is 5.62. The van der Waals surface area contributed by atoms with Crippen LogP contribution >= 0.6 is 24.0 Å². The van der Waals surface area contributed by atoms with Gasteiger partial charge in [0.2, 0.25) is 5.89 Å². The quantitative estimate of drug-likeness (QED) is 0.344. The van der Waals surface area contributed by atoms with Crippen LogP contribution in [-0.4, -0.2) is 27.8 Å². The molecule has 3 aromatic rings. The van der Waals surface area contributed by atoms with E-state index in [2.05, 4.69) is 25.7 Å². The van der Waals surface area contributed by atoms with Gasteiger partial charge < -0.3 is 15.1 Å². The minimum absolute atomic E-state index is 0. The Labute approximate surface area is 169 Å². The summed E-state index contributed by atoms with van der Waals surface area (Å²) in [5.74, 6) is 2.15. The summed E-state index contributed by atoms with van der Waals surface area (Å²) in [5.41, 5.74) is 2.87. The van der Waals surface area contributed by atoms with Gasteiger partial charge >= 0.3 is 0 Å². The van der Waals surface area contributed by atoms with E-state index >= 15 is 0 Å². The molecule has 2 aromatic heterocycles. The van der Waals surface area contributed by atoms with Gasteiger partial charge in [0.15, 0.2) is 5.96 Å². The van der Waals surface area contributed by atoms with Crippen LogP contribution in [-0.2, 0) is 13.1 Å². The molecule has 0 bridgehead atoms. The van der Waals surface area contributed by atoms with Gasteiger partial charge in [-0.15, -0.1) is 24.0 Å². The van der Waals surface area contributed by atoms with E-state index in [9.17, 15) is 0 Å². The van der Waals surface area contributed by atoms with Crippen LogP contribution in [0.2, 0.25) is 0 Å². The summed E-state index contributed by atoms with van der Waals surface area (Å²) in [6.45, 7) is 4.89. The summed E-state index contributed by atoms with van der Waals surface area (Å²) in [6, 6.07) is 12.0. The molecule has 0 amide bonds. The summed E-state index contributed by atoms with van der Waals surface area (Å²) in [6.07, 6.45) is 1.95. The van der Waals surface area contributed by atoms with E-state index in [1.807, 2.05) is 61.1 Å². The average molecular weight is 466 g/mol. The van der Waals surface area contributed by atoms with Crippen molar-refractivity contribution in [1.29, 1.82) is 0 Å². The molecule has 0 fully saturated rings. The second kappa shape index (κ2) is 9.37. The number of benzene rings is 1. The summed E-state index contributed by atoms with van der Waals surface area (Å²) in [7, 11) is 1.73. The molecule has 0 unspecified atom stereocenters. The first-order valence-electron chi connectivity index (χ1n) is 8.13. The second-order valence-electron chi connectivity index (χ2n) is 5.62. The number of aliphatic imine (C=N–C) groups is 1. The van der Waals surface area contributed by atoms with Crippen molar-refractivity contribution in [2.45, 2.75) is 26.9 Å². The summed E-state index contributed by atoms with van der Waals surface area (Å²) < 4.78 is 7.40. The van der Waals surface area contributed by atoms with Crippen molar-refractivity contribution in [2.24, 2.45) is 4.99 Å². The highest BCUT2D eigenvalue weighted by Gasteiger charge is 2.07. The first-order valence-corrected chi connectivity index (χ1v) is 8.13. The summed E-state index contributed by atoms with van der Waals surface area (Å²) in [4.78, 5) is 8.55. The molecule has 26 heavy (non-hydrogen) atoms. The normalized spacial score (nSPS) is 11.1. The molecule has 7 nitrogen and oxygen atoms in total. The Bertz CT molecular complexity index is 836. The number of rotatable bonds is 5. The number of aryl methyl sites for hydroxylation is 2. The number of guanidine groups is 1. The monoisotopic (exact) mass is 466 g/mol. The molecule has 0 aliphatic heterocycles. The van der Waals surface area contributed by atoms with Gasteiger partial charge in [-0.3, -0.25) is 4.99 Å². The Morgan fingerprint density at radius 3 is 2.50 bits per heavy atom. The Hall–Kier alpha value is -2.36. The predicted molar refractivity (Wildman–Crippen MR) is 112 cm³/mol. The van der Waals surface area contributed by atoms with Gasteiger partial charge in [-0.05, 0) is 32.0 Å². The van der Waals surface area contributed by atoms with Crippen LogP contribution in [0, 0.1) is 13.8 Å². The number of nitrogens with one attached hydrogen (secondary N) is 2. The van der Waals surface area contributed by atoms with Crippen molar-refractivity contribution in [1.82, 2.24) is 25.4 Å². The standard InChI is InChI=1S/C18H22N6O.HI/c1-13-14(2)25-17(22-13)12-21-18(19-3)20-11-15-9-10-24(23-15)16-7-5-4-6-8-16;/h4-10H,11-12H2,1-3H3,(H2,19,20,21);1H. The lowest BCUT2D eigenvalue weighted by Gasteiger charge is -2.09. The lowest BCUT2D eigenvalue weighted by Crippen LogP contribution is -2.36. The third kappa shape index (κ3) is 5.07. The third-order valence-electron chi connectivity index (χ3n) is 3.81. The van der Waals surface area contributed by atoms with Crippen molar-refractivity contribution in [2.75, 3.05) is 7.05 Å². The highest BCUT2D eigenvalue weighted by atomic mass is 127. The van der Waals surface area contributed by atoms with Crippen LogP contribution in [0.3, 0.4) is 0 Å². The van der Waals surface area contributed by atoms with E-state index in [1.54, 1.807) is 7.05 Å². The van der Waals surface area contributed by atoms with E-state index < -0.39 is 0 Å². The van der Waals surface area contributed by atoms with Gasteiger partial charge in [0.05, 0.1) is 30.2 Å². The molecule has 3 rings (SSSR count). The van der Waals surface area contributed by atoms with Crippen molar-refractivity contribution in [3.8, 4) is 5.69 Å². The zero-order valence-corrected chi connectivity index (χ0v) is 17.4. The maximum Gasteiger partial charge on any atom is 0.214 e. The fourth-order valence-corrected chi connectivity index (χ4v) is 2.35. The minimum atomic E-state index is 0. The maximum atomic E-state index is 5.55. The van der Waals surface area contributed by atoms with Gasteiger partial charge in [-0.25, -0.2) is 9.67 Å². The molecule has 2 heterocycles. The molecule has 0 radical (unpaired) electrons. The zero-order chi connectivity index (χ0) is 17.6. The fraction of sp³-hybridized carbons (Fsp3) is 0.278. The molecule has 138 valence electrons. The van der Waals surface area contributed by atoms with E-state index in [0.29, 0.717) is 24.9 Å². The van der Waals surface area contributed by atoms with E-state index in [-0.39, 0.29) is 24.0 Å². The molecule has 0 spiro atoms. The Kier molecular flexibility index (Phi) is 7.19. The van der Waals surface area contributed by atoms with Crippen LogP contribution in [0.4, 0.5) is 0 Å². The average Bonchev–Trinajstić information content (AvgIpc) is 3.23. The Morgan fingerprint density at radius 2 is 1.85 bits per heavy atom. The molecule has 0 saturated heterocycles. The first kappa shape index (κ1) is 20.0. The number of hydrogen-bond donors (Lipinski definition) is 2. The van der Waals surface area contributed by atoms with Gasteiger partial charge in [-0.1, -0.05) is 18.2 Å². The van der Waals surface area contributed by atoms with Gasteiger partial charge in [0, 0.05) is 13.2 Å². The fourth-order valence-electron chi connectivity index (χ4n) is 2.35. The minimum Gasteiger partial charge on any atom is -0.444 e. The van der Waals surface area contributed by atoms with Gasteiger partial charge in [0.1, 0.15) is 5.76 Å². The van der Waals surface area contributed by atoms with Gasteiger partial charge in [-0.2, -0.15) is 5.10 Å². The lowest BCUT2D eigenvalue weighted by atomic mass is 10.3. The predicted octanol–water partition coefficient (Wildman–Crippen LogP) is 2.96. The lowest BCUT2D eigenvalue weighted by molar-refractivity contribution is 0.463. The number of hydrogen-bond acceptors (Lipinski definition) is 4. The van der Waals surface area contributed by atoms with Crippen molar-refractivity contribution in [3.63, 3.8) is 0 Å². The molecular formula is C18H23IN6O. The van der Waals surface area contributed by atoms with E-state index in [0.717, 1.165) is 22.8 Å². The molecule has 2 N–H and O–H groups in total. The van der Waals surface area contributed by atoms with E-state index in [1.165, 1.54) is 0 Å². The summed E-state index contributed by atoms with van der Waals surface area (Å²) in [5, 5.41) is 11.0. The largest absolute Gasteiger partial charge is 0.444 e. The van der Waals surface area contributed by atoms with Crippen molar-refractivity contribution in [3.05, 3.63) is 65.6 Å². The van der Waals surface area contributed by atoms with Crippen LogP contribution < -0.4 is 10.6 Å². The smallest absolute Gasteiger partial charge is 0.214 e. The molecule has 8 heteroatoms. The van der Waals surface area contributed by atoms with Gasteiger partial charge in [0.25, 0.3) is 0 Å². The number of halogens is 1. The molecule has 0 atom stereocenters. The first-order chi connectivity index (χ1) is 12.2. The van der Waals surface area contributed by atoms with Crippen molar-refractivity contribution >= 4 is 29.9 Å². The molecule has 0 aliphatic rings. The molecule has 0 saturated carbocycles. The highest BCUT2D eigenvalue weighted by Crippen LogP contribution is 2.08. The van der Waals surface area contributed by atoms with Crippen LogP contribution in [0.1, 0.15) is 23.0 Å². The van der Waals surface area contributed by atoms with E-state index in [4.69, 9.17) is 4.42 Å². The Morgan fingerprint density at radius 1 is 1.12 bits per heavy atom. The number of aromatic nitrogens is 3. The number of oxazole rings is 1. The molecule has 1 aromatic carbocycles. The SMILES string of the molecule is CN=C(NCc1ccn(-c2ccccc2)n1)NCc1nc(C)c(C)o1.I. The zero-order valence-electron chi connectivity index (χ0n) is 15.1. The Balaban J connectivity index is 0.00000243. The molecule has 0 aliphatic carbocycles. The topological polar surface area (TPSA) is 80.3 Å². The van der Waals surface area contributed by atoms with Crippen LogP contribution in [0.25, 0.3) is 5.69 Å². The van der Waals surface area contributed by atoms with Crippen LogP contribution in [0.15, 0.2) is 52.0 Å². The van der Waals surface area contributed by atoms with Crippen molar-refractivity contribution < 1.29 is 4.42 Å². The van der Waals surface area contributed by atoms with Crippen LogP contribution in [0.5, 0.6) is 0 Å². The molecular weight excluding hydrogens is 443 g/mol. The third-order valence-corrected chi connectivity index (χ3v) is 3.81. The maximum absolute atomic E-state index is 5.55.